The molecule has 0 fully saturated rings. The number of benzene rings is 1. The van der Waals surface area contributed by atoms with Crippen LogP contribution in [0.5, 0.6) is 0 Å². The second-order valence-corrected chi connectivity index (χ2v) is 5.86. The van der Waals surface area contributed by atoms with Gasteiger partial charge >= 0.3 is 0 Å². The minimum absolute atomic E-state index is 0.158. The zero-order valence-electron chi connectivity index (χ0n) is 12.6. The molecule has 2 nitrogen and oxygen atoms in total. The molecular weight excluding hydrogens is 239 g/mol. The van der Waals surface area contributed by atoms with Crippen molar-refractivity contribution in [3.63, 3.8) is 0 Å². The van der Waals surface area contributed by atoms with E-state index in [-0.39, 0.29) is 11.9 Å². The van der Waals surface area contributed by atoms with Gasteiger partial charge in [-0.15, -0.1) is 0 Å². The van der Waals surface area contributed by atoms with E-state index in [0.717, 1.165) is 24.9 Å². The third kappa shape index (κ3) is 5.70. The largest absolute Gasteiger partial charge is 0.327 e. The molecule has 0 bridgehead atoms. The van der Waals surface area contributed by atoms with Crippen LogP contribution < -0.4 is 5.73 Å². The van der Waals surface area contributed by atoms with Crippen LogP contribution in [0.25, 0.3) is 0 Å². The van der Waals surface area contributed by atoms with E-state index in [1.54, 1.807) is 12.1 Å². The summed E-state index contributed by atoms with van der Waals surface area (Å²) >= 11 is 0. The summed E-state index contributed by atoms with van der Waals surface area (Å²) in [5.74, 6) is 0.362. The third-order valence-corrected chi connectivity index (χ3v) is 3.84. The quantitative estimate of drug-likeness (QED) is 0.822. The molecular formula is C16H27FN2. The minimum Gasteiger partial charge on any atom is -0.327 e. The smallest absolute Gasteiger partial charge is 0.123 e. The molecule has 0 aliphatic heterocycles. The highest BCUT2D eigenvalue weighted by molar-refractivity contribution is 5.17. The van der Waals surface area contributed by atoms with Crippen LogP contribution in [0, 0.1) is 11.7 Å². The Hall–Kier alpha value is -0.930. The van der Waals surface area contributed by atoms with Crippen LogP contribution in [0.15, 0.2) is 24.3 Å². The van der Waals surface area contributed by atoms with Gasteiger partial charge in [0.25, 0.3) is 0 Å². The molecule has 108 valence electrons. The van der Waals surface area contributed by atoms with Gasteiger partial charge in [0.1, 0.15) is 5.82 Å². The van der Waals surface area contributed by atoms with Crippen molar-refractivity contribution in [2.24, 2.45) is 11.7 Å². The summed E-state index contributed by atoms with van der Waals surface area (Å²) in [5.41, 5.74) is 7.11. The van der Waals surface area contributed by atoms with E-state index in [2.05, 4.69) is 32.7 Å². The molecule has 0 aromatic heterocycles. The average molecular weight is 266 g/mol. The highest BCUT2D eigenvalue weighted by Crippen LogP contribution is 2.11. The van der Waals surface area contributed by atoms with Crippen molar-refractivity contribution in [1.29, 1.82) is 0 Å². The van der Waals surface area contributed by atoms with Gasteiger partial charge in [-0.2, -0.15) is 0 Å². The molecule has 3 heteroatoms. The molecule has 0 spiro atoms. The first-order valence-corrected chi connectivity index (χ1v) is 7.10. The normalized spacial score (nSPS) is 14.9. The van der Waals surface area contributed by atoms with Crippen molar-refractivity contribution in [2.75, 3.05) is 13.6 Å². The number of nitrogens with two attached hydrogens (primary N) is 1. The maximum atomic E-state index is 13.1. The summed E-state index contributed by atoms with van der Waals surface area (Å²) in [6, 6.07) is 7.49. The lowest BCUT2D eigenvalue weighted by atomic mass is 10.0. The number of rotatable bonds is 7. The average Bonchev–Trinajstić information content (AvgIpc) is 2.35. The van der Waals surface area contributed by atoms with Gasteiger partial charge in [-0.25, -0.2) is 4.39 Å². The molecule has 2 unspecified atom stereocenters. The second-order valence-electron chi connectivity index (χ2n) is 5.86. The molecule has 2 atom stereocenters. The number of likely N-dealkylation sites (N-methyl/N-ethyl adjacent to an activating group) is 1. The Bertz CT molecular complexity index is 379. The van der Waals surface area contributed by atoms with Crippen molar-refractivity contribution in [3.05, 3.63) is 35.6 Å². The zero-order chi connectivity index (χ0) is 14.4. The summed E-state index contributed by atoms with van der Waals surface area (Å²) in [7, 11) is 2.11. The van der Waals surface area contributed by atoms with Gasteiger partial charge in [-0.1, -0.05) is 26.0 Å². The molecule has 0 heterocycles. The second kappa shape index (κ2) is 7.61. The molecule has 19 heavy (non-hydrogen) atoms. The summed E-state index contributed by atoms with van der Waals surface area (Å²) in [5, 5.41) is 0. The molecule has 0 amide bonds. The van der Waals surface area contributed by atoms with Crippen LogP contribution >= 0.6 is 0 Å². The molecule has 1 aromatic carbocycles. The molecule has 0 saturated heterocycles. The number of nitrogens with zero attached hydrogens (tertiary/aromatic N) is 1. The first kappa shape index (κ1) is 16.1. The van der Waals surface area contributed by atoms with Crippen molar-refractivity contribution in [2.45, 2.75) is 45.7 Å². The lowest BCUT2D eigenvalue weighted by molar-refractivity contribution is 0.239. The van der Waals surface area contributed by atoms with Crippen molar-refractivity contribution >= 4 is 0 Å². The number of hydrogen-bond acceptors (Lipinski definition) is 2. The molecule has 0 aliphatic carbocycles. The highest BCUT2D eigenvalue weighted by Gasteiger charge is 2.13. The number of hydrogen-bond donors (Lipinski definition) is 1. The summed E-state index contributed by atoms with van der Waals surface area (Å²) in [6.45, 7) is 7.46. The van der Waals surface area contributed by atoms with Crippen LogP contribution in [0.1, 0.15) is 32.8 Å². The first-order valence-electron chi connectivity index (χ1n) is 7.10. The maximum absolute atomic E-state index is 13.1. The molecule has 2 N–H and O–H groups in total. The van der Waals surface area contributed by atoms with Gasteiger partial charge in [0.05, 0.1) is 0 Å². The Morgan fingerprint density at radius 1 is 1.26 bits per heavy atom. The fraction of sp³-hybridized carbons (Fsp3) is 0.625. The zero-order valence-corrected chi connectivity index (χ0v) is 12.6. The topological polar surface area (TPSA) is 29.3 Å². The lowest BCUT2D eigenvalue weighted by Gasteiger charge is -2.27. The Morgan fingerprint density at radius 2 is 1.95 bits per heavy atom. The predicted octanol–water partition coefficient (Wildman–Crippen LogP) is 3.06. The Balaban J connectivity index is 2.42. The van der Waals surface area contributed by atoms with Crippen molar-refractivity contribution in [1.82, 2.24) is 4.90 Å². The molecule has 0 aliphatic rings. The fourth-order valence-electron chi connectivity index (χ4n) is 2.07. The Morgan fingerprint density at radius 3 is 2.53 bits per heavy atom. The monoisotopic (exact) mass is 266 g/mol. The van der Waals surface area contributed by atoms with Crippen LogP contribution in [-0.4, -0.2) is 30.6 Å². The SMILES string of the molecule is CC(C)C(N)CCN(C)C(C)Cc1cccc(F)c1. The maximum Gasteiger partial charge on any atom is 0.123 e. The molecule has 1 aromatic rings. The number of halogens is 1. The van der Waals surface area contributed by atoms with E-state index >= 15 is 0 Å². The van der Waals surface area contributed by atoms with Crippen LogP contribution in [0.4, 0.5) is 4.39 Å². The van der Waals surface area contributed by atoms with Crippen LogP contribution in [0.3, 0.4) is 0 Å². The fourth-order valence-corrected chi connectivity index (χ4v) is 2.07. The van der Waals surface area contributed by atoms with E-state index in [0.29, 0.717) is 12.0 Å². The van der Waals surface area contributed by atoms with Crippen molar-refractivity contribution in [3.8, 4) is 0 Å². The van der Waals surface area contributed by atoms with Gasteiger partial charge in [0.2, 0.25) is 0 Å². The Labute approximate surface area is 116 Å². The summed E-state index contributed by atoms with van der Waals surface area (Å²) in [4.78, 5) is 2.30. The summed E-state index contributed by atoms with van der Waals surface area (Å²) < 4.78 is 13.1. The van der Waals surface area contributed by atoms with E-state index in [4.69, 9.17) is 5.73 Å². The van der Waals surface area contributed by atoms with E-state index in [1.807, 2.05) is 6.07 Å². The van der Waals surface area contributed by atoms with Crippen LogP contribution in [0.2, 0.25) is 0 Å². The van der Waals surface area contributed by atoms with Gasteiger partial charge in [-0.3, -0.25) is 0 Å². The predicted molar refractivity (Wildman–Crippen MR) is 79.6 cm³/mol. The van der Waals surface area contributed by atoms with Gasteiger partial charge in [0.15, 0.2) is 0 Å². The van der Waals surface area contributed by atoms with Gasteiger partial charge in [-0.05, 0) is 57.0 Å². The molecule has 0 saturated carbocycles. The first-order chi connectivity index (χ1) is 8.90. The standard InChI is InChI=1S/C16H27FN2/c1-12(2)16(18)8-9-19(4)13(3)10-14-6-5-7-15(17)11-14/h5-7,11-13,16H,8-10,18H2,1-4H3. The van der Waals surface area contributed by atoms with Gasteiger partial charge in [0, 0.05) is 12.1 Å². The van der Waals surface area contributed by atoms with Gasteiger partial charge < -0.3 is 10.6 Å². The molecule has 0 radical (unpaired) electrons. The lowest BCUT2D eigenvalue weighted by Crippen LogP contribution is -2.36. The van der Waals surface area contributed by atoms with E-state index in [1.165, 1.54) is 6.07 Å². The van der Waals surface area contributed by atoms with Crippen molar-refractivity contribution < 1.29 is 4.39 Å². The van der Waals surface area contributed by atoms with Crippen LogP contribution in [-0.2, 0) is 6.42 Å². The van der Waals surface area contributed by atoms with E-state index < -0.39 is 0 Å². The Kier molecular flexibility index (Phi) is 6.46. The minimum atomic E-state index is -0.158. The highest BCUT2D eigenvalue weighted by atomic mass is 19.1. The summed E-state index contributed by atoms with van der Waals surface area (Å²) in [6.07, 6.45) is 1.87. The molecule has 1 rings (SSSR count). The third-order valence-electron chi connectivity index (χ3n) is 3.84. The van der Waals surface area contributed by atoms with E-state index in [9.17, 15) is 4.39 Å².